The second-order valence-corrected chi connectivity index (χ2v) is 8.12. The van der Waals surface area contributed by atoms with E-state index in [4.69, 9.17) is 4.74 Å². The van der Waals surface area contributed by atoms with E-state index in [1.807, 2.05) is 13.0 Å². The first-order chi connectivity index (χ1) is 13.1. The molecule has 1 aliphatic heterocycles. The quantitative estimate of drug-likeness (QED) is 0.514. The second-order valence-electron chi connectivity index (χ2n) is 8.12. The van der Waals surface area contributed by atoms with Crippen LogP contribution in [0.2, 0.25) is 0 Å². The van der Waals surface area contributed by atoms with Crippen molar-refractivity contribution in [2.75, 3.05) is 13.2 Å². The van der Waals surface area contributed by atoms with Crippen molar-refractivity contribution in [3.05, 3.63) is 0 Å². The largest absolute Gasteiger partial charge is 0.454 e. The van der Waals surface area contributed by atoms with Gasteiger partial charge in [0, 0.05) is 0 Å². The summed E-state index contributed by atoms with van der Waals surface area (Å²) in [4.78, 5) is 50.0. The fraction of sp³-hybridized carbons (Fsp3) is 0.737. The normalized spacial score (nSPS) is 26.6. The molecule has 2 rings (SSSR count). The highest BCUT2D eigenvalue weighted by molar-refractivity contribution is 6.09. The predicted octanol–water partition coefficient (Wildman–Crippen LogP) is 1.08. The standard InChI is InChI=1S/C19H28N4O5/c1-12(2)18(4,11-20)21-14(24)10-28-15(25)9-23-16(26)19(22-17(23)27)8-6-5-7-13(19)3/h12-13H,5-10H2,1-4H3,(H,21,24)(H,22,27)/t13-,18+,19-/m1/s1. The van der Waals surface area contributed by atoms with Crippen LogP contribution in [0.15, 0.2) is 0 Å². The minimum absolute atomic E-state index is 0.0100. The van der Waals surface area contributed by atoms with Crippen LogP contribution in [0.4, 0.5) is 4.79 Å². The van der Waals surface area contributed by atoms with Gasteiger partial charge in [0.05, 0.1) is 6.07 Å². The summed E-state index contributed by atoms with van der Waals surface area (Å²) in [6, 6.07) is 1.41. The van der Waals surface area contributed by atoms with Crippen LogP contribution in [0.5, 0.6) is 0 Å². The lowest BCUT2D eigenvalue weighted by atomic mass is 9.73. The van der Waals surface area contributed by atoms with Crippen LogP contribution in [0.1, 0.15) is 53.4 Å². The molecule has 0 bridgehead atoms. The molecule has 1 spiro atoms. The predicted molar refractivity (Wildman–Crippen MR) is 98.6 cm³/mol. The summed E-state index contributed by atoms with van der Waals surface area (Å²) in [7, 11) is 0. The zero-order valence-electron chi connectivity index (χ0n) is 16.8. The Kier molecular flexibility index (Phi) is 6.32. The number of hydrogen-bond donors (Lipinski definition) is 2. The number of hydrogen-bond acceptors (Lipinski definition) is 6. The Morgan fingerprint density at radius 1 is 1.43 bits per heavy atom. The lowest BCUT2D eigenvalue weighted by molar-refractivity contribution is -0.151. The first-order valence-corrected chi connectivity index (χ1v) is 9.57. The van der Waals surface area contributed by atoms with Crippen molar-refractivity contribution in [2.24, 2.45) is 11.8 Å². The average Bonchev–Trinajstić information content (AvgIpc) is 2.87. The maximum Gasteiger partial charge on any atom is 0.326 e. The number of rotatable bonds is 6. The van der Waals surface area contributed by atoms with Crippen molar-refractivity contribution in [3.8, 4) is 6.07 Å². The molecular formula is C19H28N4O5. The first-order valence-electron chi connectivity index (χ1n) is 9.57. The molecule has 9 nitrogen and oxygen atoms in total. The Bertz CT molecular complexity index is 716. The van der Waals surface area contributed by atoms with Gasteiger partial charge in [-0.1, -0.05) is 33.6 Å². The lowest BCUT2D eigenvalue weighted by Gasteiger charge is -2.36. The molecule has 4 amide bonds. The van der Waals surface area contributed by atoms with Gasteiger partial charge in [-0.25, -0.2) is 4.79 Å². The van der Waals surface area contributed by atoms with Crippen LogP contribution in [0, 0.1) is 23.2 Å². The summed E-state index contributed by atoms with van der Waals surface area (Å²) in [5.74, 6) is -2.05. The molecule has 1 saturated carbocycles. The van der Waals surface area contributed by atoms with E-state index in [1.54, 1.807) is 20.8 Å². The van der Waals surface area contributed by atoms with Gasteiger partial charge in [-0.3, -0.25) is 19.3 Å². The number of imide groups is 1. The van der Waals surface area contributed by atoms with Gasteiger partial charge in [0.1, 0.15) is 17.6 Å². The highest BCUT2D eigenvalue weighted by Crippen LogP contribution is 2.38. The summed E-state index contributed by atoms with van der Waals surface area (Å²) in [5, 5.41) is 14.5. The van der Waals surface area contributed by atoms with Crippen LogP contribution in [-0.4, -0.2) is 52.9 Å². The molecule has 0 aromatic heterocycles. The van der Waals surface area contributed by atoms with E-state index in [0.29, 0.717) is 6.42 Å². The van der Waals surface area contributed by atoms with Crippen molar-refractivity contribution in [2.45, 2.75) is 64.5 Å². The molecule has 1 heterocycles. The number of amides is 4. The molecule has 0 aromatic rings. The molecule has 2 N–H and O–H groups in total. The Morgan fingerprint density at radius 3 is 2.68 bits per heavy atom. The van der Waals surface area contributed by atoms with E-state index < -0.39 is 48.0 Å². The average molecular weight is 392 g/mol. The van der Waals surface area contributed by atoms with Crippen LogP contribution in [-0.2, 0) is 19.1 Å². The molecule has 28 heavy (non-hydrogen) atoms. The number of carbonyl (C=O) groups is 4. The van der Waals surface area contributed by atoms with Crippen molar-refractivity contribution in [1.82, 2.24) is 15.5 Å². The van der Waals surface area contributed by atoms with E-state index in [0.717, 1.165) is 24.2 Å². The molecule has 1 aliphatic carbocycles. The van der Waals surface area contributed by atoms with Crippen LogP contribution < -0.4 is 10.6 Å². The minimum Gasteiger partial charge on any atom is -0.454 e. The molecule has 0 radical (unpaired) electrons. The summed E-state index contributed by atoms with van der Waals surface area (Å²) in [5.41, 5.74) is -2.03. The van der Waals surface area contributed by atoms with E-state index >= 15 is 0 Å². The fourth-order valence-corrected chi connectivity index (χ4v) is 3.59. The Balaban J connectivity index is 1.91. The lowest BCUT2D eigenvalue weighted by Crippen LogP contribution is -2.54. The number of esters is 1. The van der Waals surface area contributed by atoms with Crippen molar-refractivity contribution in [1.29, 1.82) is 5.26 Å². The highest BCUT2D eigenvalue weighted by atomic mass is 16.5. The monoisotopic (exact) mass is 392 g/mol. The van der Waals surface area contributed by atoms with Gasteiger partial charge in [-0.15, -0.1) is 0 Å². The Morgan fingerprint density at radius 2 is 2.11 bits per heavy atom. The smallest absolute Gasteiger partial charge is 0.326 e. The summed E-state index contributed by atoms with van der Waals surface area (Å²) in [6.07, 6.45) is 3.22. The maximum absolute atomic E-state index is 12.8. The zero-order chi connectivity index (χ0) is 21.1. The molecule has 2 aliphatic rings. The van der Waals surface area contributed by atoms with Gasteiger partial charge in [0.15, 0.2) is 6.61 Å². The molecular weight excluding hydrogens is 364 g/mol. The Hall–Kier alpha value is -2.63. The number of urea groups is 1. The maximum atomic E-state index is 12.8. The highest BCUT2D eigenvalue weighted by Gasteiger charge is 2.55. The zero-order valence-corrected chi connectivity index (χ0v) is 16.8. The fourth-order valence-electron chi connectivity index (χ4n) is 3.59. The van der Waals surface area contributed by atoms with Gasteiger partial charge < -0.3 is 15.4 Å². The summed E-state index contributed by atoms with van der Waals surface area (Å²) < 4.78 is 4.90. The van der Waals surface area contributed by atoms with Gasteiger partial charge >= 0.3 is 12.0 Å². The topological polar surface area (TPSA) is 129 Å². The third kappa shape index (κ3) is 4.11. The van der Waals surface area contributed by atoms with E-state index in [-0.39, 0.29) is 11.8 Å². The van der Waals surface area contributed by atoms with Gasteiger partial charge in [-0.05, 0) is 31.6 Å². The van der Waals surface area contributed by atoms with Gasteiger partial charge in [-0.2, -0.15) is 5.26 Å². The number of nitriles is 1. The Labute approximate surface area is 164 Å². The molecule has 0 aromatic carbocycles. The first kappa shape index (κ1) is 21.7. The third-order valence-electron chi connectivity index (χ3n) is 5.94. The molecule has 0 unspecified atom stereocenters. The van der Waals surface area contributed by atoms with Crippen molar-refractivity contribution < 1.29 is 23.9 Å². The summed E-state index contributed by atoms with van der Waals surface area (Å²) >= 11 is 0. The van der Waals surface area contributed by atoms with Crippen LogP contribution >= 0.6 is 0 Å². The van der Waals surface area contributed by atoms with Gasteiger partial charge in [0.25, 0.3) is 11.8 Å². The molecule has 9 heteroatoms. The molecule has 2 fully saturated rings. The van der Waals surface area contributed by atoms with Gasteiger partial charge in [0.2, 0.25) is 0 Å². The summed E-state index contributed by atoms with van der Waals surface area (Å²) in [6.45, 7) is 5.93. The number of nitrogens with zero attached hydrogens (tertiary/aromatic N) is 2. The number of nitrogens with one attached hydrogen (secondary N) is 2. The van der Waals surface area contributed by atoms with E-state index in [2.05, 4.69) is 10.6 Å². The minimum atomic E-state index is -1.09. The van der Waals surface area contributed by atoms with E-state index in [9.17, 15) is 24.4 Å². The number of carbonyl (C=O) groups excluding carboxylic acids is 4. The SMILES string of the molecule is CC(C)[C@](C)(C#N)NC(=O)COC(=O)CN1C(=O)N[C@@]2(CCCC[C@H]2C)C1=O. The van der Waals surface area contributed by atoms with E-state index in [1.165, 1.54) is 0 Å². The third-order valence-corrected chi connectivity index (χ3v) is 5.94. The molecule has 1 saturated heterocycles. The molecule has 3 atom stereocenters. The molecule has 154 valence electrons. The van der Waals surface area contributed by atoms with Crippen LogP contribution in [0.25, 0.3) is 0 Å². The van der Waals surface area contributed by atoms with Crippen LogP contribution in [0.3, 0.4) is 0 Å². The second kappa shape index (κ2) is 8.17. The van der Waals surface area contributed by atoms with Crippen molar-refractivity contribution in [3.63, 3.8) is 0 Å². The number of ether oxygens (including phenoxy) is 1. The van der Waals surface area contributed by atoms with Crippen molar-refractivity contribution >= 4 is 23.8 Å².